The first-order chi connectivity index (χ1) is 15.8. The van der Waals surface area contributed by atoms with Gasteiger partial charge < -0.3 is 20.3 Å². The summed E-state index contributed by atoms with van der Waals surface area (Å²) < 4.78 is 6.43. The van der Waals surface area contributed by atoms with Crippen molar-refractivity contribution in [3.63, 3.8) is 0 Å². The van der Waals surface area contributed by atoms with Crippen molar-refractivity contribution in [3.05, 3.63) is 0 Å². The average molecular weight is 462 g/mol. The minimum absolute atomic E-state index is 0.0242. The highest BCUT2D eigenvalue weighted by molar-refractivity contribution is 5.91. The number of epoxide rings is 1. The molecule has 2 saturated heterocycles. The third-order valence-corrected chi connectivity index (χ3v) is 11.1. The van der Waals surface area contributed by atoms with Crippen LogP contribution in [0.25, 0.3) is 0 Å². The van der Waals surface area contributed by atoms with Crippen molar-refractivity contribution in [2.24, 2.45) is 34.5 Å². The van der Waals surface area contributed by atoms with Crippen LogP contribution < -0.4 is 5.32 Å². The van der Waals surface area contributed by atoms with Crippen LogP contribution in [0.5, 0.6) is 0 Å². The van der Waals surface area contributed by atoms with E-state index in [2.05, 4.69) is 5.32 Å². The molecule has 0 aromatic carbocycles. The number of ketones is 1. The molecule has 2 heterocycles. The normalized spacial score (nSPS) is 56.3. The van der Waals surface area contributed by atoms with Crippen molar-refractivity contribution < 1.29 is 34.3 Å². The fourth-order valence-electron chi connectivity index (χ4n) is 9.62. The molecule has 0 aromatic heterocycles. The molecule has 8 nitrogen and oxygen atoms in total. The lowest BCUT2D eigenvalue weighted by Gasteiger charge is -2.43. The van der Waals surface area contributed by atoms with Crippen LogP contribution in [0.3, 0.4) is 0 Å². The molecule has 8 heteroatoms. The Bertz CT molecular complexity index is 905. The van der Waals surface area contributed by atoms with Crippen molar-refractivity contribution in [3.8, 4) is 0 Å². The summed E-state index contributed by atoms with van der Waals surface area (Å²) in [5.41, 5.74) is -2.98. The molecule has 2 spiro atoms. The molecule has 5 aliphatic carbocycles. The highest BCUT2D eigenvalue weighted by Gasteiger charge is 2.91. The summed E-state index contributed by atoms with van der Waals surface area (Å²) >= 11 is 0. The van der Waals surface area contributed by atoms with Crippen LogP contribution in [0.15, 0.2) is 0 Å². The topological polar surface area (TPSA) is 118 Å². The zero-order chi connectivity index (χ0) is 22.8. The lowest BCUT2D eigenvalue weighted by molar-refractivity contribution is -0.335. The summed E-state index contributed by atoms with van der Waals surface area (Å²) in [4.78, 5) is 38.7. The molecule has 3 N–H and O–H groups in total. The van der Waals surface area contributed by atoms with Crippen LogP contribution in [-0.2, 0) is 24.1 Å². The number of hydrogen-bond donors (Lipinski definition) is 3. The summed E-state index contributed by atoms with van der Waals surface area (Å²) in [6, 6.07) is 0. The highest BCUT2D eigenvalue weighted by atomic mass is 17.2. The van der Waals surface area contributed by atoms with Gasteiger partial charge in [0.05, 0.1) is 17.9 Å². The van der Waals surface area contributed by atoms with Crippen molar-refractivity contribution in [1.29, 1.82) is 0 Å². The molecule has 4 bridgehead atoms. The second kappa shape index (κ2) is 6.58. The minimum atomic E-state index is -1.07. The Labute approximate surface area is 193 Å². The molecule has 0 radical (unpaired) electrons. The Kier molecular flexibility index (Phi) is 4.23. The van der Waals surface area contributed by atoms with Gasteiger partial charge in [0.2, 0.25) is 5.91 Å². The third-order valence-electron chi connectivity index (χ3n) is 11.1. The standard InChI is InChI=1S/C25H35NO7/c1-22-18-16(21(30)26-10-13-5-3-2-4-6-13)24-9-15(28)23(11-24,12-27)8-7-14(24)25(18)20(31-25)17(19(22)29)32-33-22/h13-14,16-20,27,29H,2-12H2,1H3,(H,26,30)/t14-,16-,17+,18-,19+,20-,22+,23+,24-,25+/m1/s1. The predicted molar refractivity (Wildman–Crippen MR) is 113 cm³/mol. The van der Waals surface area contributed by atoms with E-state index >= 15 is 0 Å². The van der Waals surface area contributed by atoms with Gasteiger partial charge in [-0.3, -0.25) is 9.59 Å². The Morgan fingerprint density at radius 3 is 2.76 bits per heavy atom. The summed E-state index contributed by atoms with van der Waals surface area (Å²) in [6.45, 7) is 2.33. The van der Waals surface area contributed by atoms with Gasteiger partial charge in [0.25, 0.3) is 0 Å². The van der Waals surface area contributed by atoms with Gasteiger partial charge in [-0.05, 0) is 56.3 Å². The average Bonchev–Trinajstić information content (AvgIpc) is 3.34. The van der Waals surface area contributed by atoms with Gasteiger partial charge in [0, 0.05) is 18.9 Å². The Morgan fingerprint density at radius 2 is 2.00 bits per heavy atom. The van der Waals surface area contributed by atoms with E-state index in [9.17, 15) is 19.8 Å². The minimum Gasteiger partial charge on any atom is -0.395 e. The molecule has 7 fully saturated rings. The summed E-state index contributed by atoms with van der Waals surface area (Å²) in [5.74, 6) is -0.356. The number of fused-ring (bicyclic) bond motifs is 5. The molecule has 5 saturated carbocycles. The molecule has 7 rings (SSSR count). The number of nitrogens with one attached hydrogen (secondary N) is 1. The van der Waals surface area contributed by atoms with Gasteiger partial charge in [-0.15, -0.1) is 0 Å². The van der Waals surface area contributed by atoms with Gasteiger partial charge in [0.15, 0.2) is 6.10 Å². The van der Waals surface area contributed by atoms with Gasteiger partial charge in [0.1, 0.15) is 29.2 Å². The molecular formula is C25H35NO7. The first kappa shape index (κ1) is 21.2. The van der Waals surface area contributed by atoms with Gasteiger partial charge in [-0.2, -0.15) is 0 Å². The zero-order valence-corrected chi connectivity index (χ0v) is 19.3. The number of carbonyl (C=O) groups excluding carboxylic acids is 2. The number of ether oxygens (including phenoxy) is 1. The molecule has 10 atom stereocenters. The SMILES string of the molecule is C[C@]12OO[C@H]([C@H]3O[C@]34[C@@H]3CC[C@@]5(CO)C[C@@]3(CC5=O)[C@@H](C(=O)NCC3CCCCC3)[C@H]14)[C@@H]2O. The van der Waals surface area contributed by atoms with E-state index in [1.54, 1.807) is 0 Å². The third kappa shape index (κ3) is 2.35. The Hall–Kier alpha value is -1.06. The van der Waals surface area contributed by atoms with Crippen molar-refractivity contribution in [1.82, 2.24) is 5.32 Å². The number of aliphatic hydroxyl groups is 2. The molecule has 0 aromatic rings. The van der Waals surface area contributed by atoms with Crippen LogP contribution >= 0.6 is 0 Å². The van der Waals surface area contributed by atoms with Gasteiger partial charge >= 0.3 is 0 Å². The lowest BCUT2D eigenvalue weighted by Crippen LogP contribution is -2.60. The zero-order valence-electron chi connectivity index (χ0n) is 19.3. The van der Waals surface area contributed by atoms with Crippen molar-refractivity contribution in [2.45, 2.75) is 94.2 Å². The maximum atomic E-state index is 14.0. The van der Waals surface area contributed by atoms with Gasteiger partial charge in [-0.25, -0.2) is 9.78 Å². The predicted octanol–water partition coefficient (Wildman–Crippen LogP) is 1.27. The van der Waals surface area contributed by atoms with Gasteiger partial charge in [-0.1, -0.05) is 19.3 Å². The van der Waals surface area contributed by atoms with E-state index in [1.165, 1.54) is 19.3 Å². The van der Waals surface area contributed by atoms with Crippen molar-refractivity contribution in [2.75, 3.05) is 13.2 Å². The van der Waals surface area contributed by atoms with Crippen LogP contribution in [0.1, 0.15) is 64.7 Å². The molecule has 0 unspecified atom stereocenters. The number of carbonyl (C=O) groups is 2. The molecule has 182 valence electrons. The first-order valence-electron chi connectivity index (χ1n) is 12.9. The maximum absolute atomic E-state index is 14.0. The fourth-order valence-corrected chi connectivity index (χ4v) is 9.62. The van der Waals surface area contributed by atoms with Crippen LogP contribution in [-0.4, -0.2) is 64.6 Å². The second-order valence-electron chi connectivity index (χ2n) is 12.4. The number of hydrogen-bond acceptors (Lipinski definition) is 7. The quantitative estimate of drug-likeness (QED) is 0.426. The highest BCUT2D eigenvalue weighted by Crippen LogP contribution is 2.80. The van der Waals surface area contributed by atoms with E-state index in [0.29, 0.717) is 31.7 Å². The molecule has 7 aliphatic rings. The first-order valence-corrected chi connectivity index (χ1v) is 12.9. The smallest absolute Gasteiger partial charge is 0.224 e. The summed E-state index contributed by atoms with van der Waals surface area (Å²) in [5, 5.41) is 24.6. The Morgan fingerprint density at radius 1 is 1.21 bits per heavy atom. The monoisotopic (exact) mass is 461 g/mol. The summed E-state index contributed by atoms with van der Waals surface area (Å²) in [6.07, 6.45) is 6.39. The Balaban J connectivity index is 1.29. The lowest BCUT2D eigenvalue weighted by atomic mass is 9.60. The second-order valence-corrected chi connectivity index (χ2v) is 12.4. The summed E-state index contributed by atoms with van der Waals surface area (Å²) in [7, 11) is 0. The molecule has 1 amide bonds. The number of amides is 1. The van der Waals surface area contributed by atoms with E-state index in [-0.39, 0.29) is 36.2 Å². The van der Waals surface area contributed by atoms with Crippen LogP contribution in [0.2, 0.25) is 0 Å². The van der Waals surface area contributed by atoms with Crippen molar-refractivity contribution >= 4 is 11.7 Å². The van der Waals surface area contributed by atoms with E-state index < -0.39 is 40.2 Å². The molecular weight excluding hydrogens is 426 g/mol. The van der Waals surface area contributed by atoms with Crippen LogP contribution in [0, 0.1) is 34.5 Å². The number of rotatable bonds is 4. The van der Waals surface area contributed by atoms with Crippen LogP contribution in [0.4, 0.5) is 0 Å². The van der Waals surface area contributed by atoms with E-state index in [0.717, 1.165) is 19.3 Å². The largest absolute Gasteiger partial charge is 0.395 e. The molecule has 2 aliphatic heterocycles. The fraction of sp³-hybridized carbons (Fsp3) is 0.920. The maximum Gasteiger partial charge on any atom is 0.224 e. The van der Waals surface area contributed by atoms with E-state index in [1.807, 2.05) is 6.92 Å². The van der Waals surface area contributed by atoms with E-state index in [4.69, 9.17) is 14.5 Å². The number of aliphatic hydroxyl groups excluding tert-OH is 2. The molecule has 33 heavy (non-hydrogen) atoms. The number of Topliss-reactive ketones (excluding diaryl/α,β-unsaturated/α-hetero) is 1.